The SMILES string of the molecule is NC1=NC2(CCCCC2)N(c2ccc(C3CC3)c3ccccc23)C(N)=N1. The van der Waals surface area contributed by atoms with Gasteiger partial charge in [-0.3, -0.25) is 4.90 Å². The standard InChI is InChI=1S/C21H25N5/c22-19-24-20(23)26(21(25-19)12-4-1-5-13-21)18-11-10-15(14-8-9-14)16-6-2-3-7-17(16)18/h2-3,6-7,10-11,14H,1,4-5,8-9,12-13H2,(H4,22,23,24,25). The fourth-order valence-electron chi connectivity index (χ4n) is 4.72. The van der Waals surface area contributed by atoms with Crippen LogP contribution in [-0.4, -0.2) is 17.6 Å². The minimum absolute atomic E-state index is 0.305. The van der Waals surface area contributed by atoms with Gasteiger partial charge in [0.2, 0.25) is 11.9 Å². The molecule has 0 radical (unpaired) electrons. The Morgan fingerprint density at radius 3 is 2.38 bits per heavy atom. The molecule has 0 amide bonds. The van der Waals surface area contributed by atoms with E-state index in [1.165, 1.54) is 35.6 Å². The fraction of sp³-hybridized carbons (Fsp3) is 0.429. The van der Waals surface area contributed by atoms with Crippen molar-refractivity contribution in [3.63, 3.8) is 0 Å². The van der Waals surface area contributed by atoms with Crippen molar-refractivity contribution in [1.82, 2.24) is 0 Å². The number of hydrogen-bond donors (Lipinski definition) is 2. The average Bonchev–Trinajstić information content (AvgIpc) is 3.47. The van der Waals surface area contributed by atoms with Gasteiger partial charge in [-0.2, -0.15) is 4.99 Å². The smallest absolute Gasteiger partial charge is 0.220 e. The molecular weight excluding hydrogens is 322 g/mol. The molecule has 5 nitrogen and oxygen atoms in total. The highest BCUT2D eigenvalue weighted by atomic mass is 15.4. The predicted octanol–water partition coefficient (Wildman–Crippen LogP) is 3.83. The van der Waals surface area contributed by atoms with Crippen LogP contribution in [0.25, 0.3) is 10.8 Å². The lowest BCUT2D eigenvalue weighted by atomic mass is 9.86. The van der Waals surface area contributed by atoms with Gasteiger partial charge in [0.25, 0.3) is 0 Å². The Labute approximate surface area is 153 Å². The molecule has 1 heterocycles. The van der Waals surface area contributed by atoms with Crippen LogP contribution >= 0.6 is 0 Å². The molecule has 5 heteroatoms. The number of nitrogens with zero attached hydrogens (tertiary/aromatic N) is 3. The van der Waals surface area contributed by atoms with E-state index < -0.39 is 5.66 Å². The van der Waals surface area contributed by atoms with Crippen LogP contribution in [0.3, 0.4) is 0 Å². The minimum Gasteiger partial charge on any atom is -0.369 e. The molecule has 0 unspecified atom stereocenters. The van der Waals surface area contributed by atoms with Crippen molar-refractivity contribution >= 4 is 28.4 Å². The highest BCUT2D eigenvalue weighted by molar-refractivity contribution is 6.10. The van der Waals surface area contributed by atoms with Gasteiger partial charge in [0, 0.05) is 5.39 Å². The molecule has 2 aromatic carbocycles. The van der Waals surface area contributed by atoms with Crippen LogP contribution in [0.5, 0.6) is 0 Å². The van der Waals surface area contributed by atoms with Gasteiger partial charge in [-0.05, 0) is 61.5 Å². The highest BCUT2D eigenvalue weighted by Crippen LogP contribution is 2.47. The molecule has 26 heavy (non-hydrogen) atoms. The van der Waals surface area contributed by atoms with Crippen LogP contribution in [0.4, 0.5) is 5.69 Å². The Hall–Kier alpha value is -2.56. The third-order valence-corrected chi connectivity index (χ3v) is 6.04. The van der Waals surface area contributed by atoms with Gasteiger partial charge in [-0.1, -0.05) is 36.8 Å². The highest BCUT2D eigenvalue weighted by Gasteiger charge is 2.43. The van der Waals surface area contributed by atoms with E-state index in [1.807, 2.05) is 0 Å². The molecule has 2 aromatic rings. The molecule has 2 saturated carbocycles. The summed E-state index contributed by atoms with van der Waals surface area (Å²) in [4.78, 5) is 11.3. The van der Waals surface area contributed by atoms with Crippen LogP contribution in [0, 0.1) is 0 Å². The quantitative estimate of drug-likeness (QED) is 0.866. The largest absolute Gasteiger partial charge is 0.369 e. The number of guanidine groups is 2. The van der Waals surface area contributed by atoms with E-state index in [2.05, 4.69) is 46.3 Å². The van der Waals surface area contributed by atoms with Crippen LogP contribution < -0.4 is 16.4 Å². The van der Waals surface area contributed by atoms with Gasteiger partial charge in [0.15, 0.2) is 0 Å². The number of benzene rings is 2. The minimum atomic E-state index is -0.391. The van der Waals surface area contributed by atoms with Crippen LogP contribution in [0.2, 0.25) is 0 Å². The van der Waals surface area contributed by atoms with Gasteiger partial charge in [-0.15, -0.1) is 0 Å². The van der Waals surface area contributed by atoms with Crippen molar-refractivity contribution < 1.29 is 0 Å². The zero-order valence-electron chi connectivity index (χ0n) is 15.0. The maximum absolute atomic E-state index is 6.42. The molecule has 0 saturated heterocycles. The monoisotopic (exact) mass is 347 g/mol. The number of aliphatic imine (C=N–C) groups is 2. The maximum atomic E-state index is 6.42. The Bertz CT molecular complexity index is 919. The molecule has 0 atom stereocenters. The second-order valence-electron chi connectivity index (χ2n) is 7.81. The van der Waals surface area contributed by atoms with Gasteiger partial charge >= 0.3 is 0 Å². The van der Waals surface area contributed by atoms with Crippen molar-refractivity contribution in [2.45, 2.75) is 56.5 Å². The summed E-state index contributed by atoms with van der Waals surface area (Å²) in [5.74, 6) is 1.47. The lowest BCUT2D eigenvalue weighted by molar-refractivity contribution is 0.306. The van der Waals surface area contributed by atoms with E-state index in [1.54, 1.807) is 0 Å². The van der Waals surface area contributed by atoms with Crippen LogP contribution in [-0.2, 0) is 0 Å². The van der Waals surface area contributed by atoms with Crippen molar-refractivity contribution in [3.8, 4) is 0 Å². The first-order valence-electron chi connectivity index (χ1n) is 9.69. The maximum Gasteiger partial charge on any atom is 0.220 e. The van der Waals surface area contributed by atoms with Crippen LogP contribution in [0.1, 0.15) is 56.4 Å². The van der Waals surface area contributed by atoms with E-state index >= 15 is 0 Å². The van der Waals surface area contributed by atoms with E-state index in [0.29, 0.717) is 17.8 Å². The average molecular weight is 347 g/mol. The first kappa shape index (κ1) is 15.7. The van der Waals surface area contributed by atoms with Crippen molar-refractivity contribution in [2.75, 3.05) is 4.90 Å². The number of nitrogens with two attached hydrogens (primary N) is 2. The van der Waals surface area contributed by atoms with Gasteiger partial charge < -0.3 is 11.5 Å². The molecule has 134 valence electrons. The molecule has 2 aliphatic carbocycles. The van der Waals surface area contributed by atoms with Gasteiger partial charge in [0.05, 0.1) is 5.69 Å². The number of rotatable bonds is 2. The summed E-state index contributed by atoms with van der Waals surface area (Å²) in [6.45, 7) is 0. The summed E-state index contributed by atoms with van der Waals surface area (Å²) in [5.41, 5.74) is 14.6. The molecule has 0 aromatic heterocycles. The fourth-order valence-corrected chi connectivity index (χ4v) is 4.72. The number of hydrogen-bond acceptors (Lipinski definition) is 5. The summed E-state index contributed by atoms with van der Waals surface area (Å²) >= 11 is 0. The third kappa shape index (κ3) is 2.37. The molecular formula is C21H25N5. The molecule has 4 N–H and O–H groups in total. The van der Waals surface area contributed by atoms with Gasteiger partial charge in [0.1, 0.15) is 5.66 Å². The van der Waals surface area contributed by atoms with Crippen LogP contribution in [0.15, 0.2) is 46.4 Å². The molecule has 1 aliphatic heterocycles. The Morgan fingerprint density at radius 2 is 1.65 bits per heavy atom. The molecule has 2 fully saturated rings. The topological polar surface area (TPSA) is 80.0 Å². The number of fused-ring (bicyclic) bond motifs is 1. The first-order valence-corrected chi connectivity index (χ1v) is 9.69. The summed E-state index contributed by atoms with van der Waals surface area (Å²) in [7, 11) is 0. The normalized spacial score (nSPS) is 22.4. The predicted molar refractivity (Wildman–Crippen MR) is 107 cm³/mol. The number of anilines is 1. The zero-order chi connectivity index (χ0) is 17.7. The van der Waals surface area contributed by atoms with E-state index in [9.17, 15) is 0 Å². The summed E-state index contributed by atoms with van der Waals surface area (Å²) in [6, 6.07) is 13.1. The van der Waals surface area contributed by atoms with E-state index in [0.717, 1.165) is 31.4 Å². The van der Waals surface area contributed by atoms with Gasteiger partial charge in [-0.25, -0.2) is 4.99 Å². The molecule has 5 rings (SSSR count). The second kappa shape index (κ2) is 5.73. The molecule has 1 spiro atoms. The Balaban J connectivity index is 1.71. The van der Waals surface area contributed by atoms with Crippen molar-refractivity contribution in [2.24, 2.45) is 21.5 Å². The van der Waals surface area contributed by atoms with E-state index in [-0.39, 0.29) is 0 Å². The van der Waals surface area contributed by atoms with Crippen molar-refractivity contribution in [3.05, 3.63) is 42.0 Å². The Kier molecular flexibility index (Phi) is 3.45. The van der Waals surface area contributed by atoms with Crippen molar-refractivity contribution in [1.29, 1.82) is 0 Å². The first-order chi connectivity index (χ1) is 12.7. The summed E-state index contributed by atoms with van der Waals surface area (Å²) in [6.07, 6.45) is 8.02. The zero-order valence-corrected chi connectivity index (χ0v) is 15.0. The van der Waals surface area contributed by atoms with E-state index in [4.69, 9.17) is 16.5 Å². The lowest BCUT2D eigenvalue weighted by Crippen LogP contribution is -2.58. The Morgan fingerprint density at radius 1 is 0.923 bits per heavy atom. The second-order valence-corrected chi connectivity index (χ2v) is 7.81. The third-order valence-electron chi connectivity index (χ3n) is 6.04. The molecule has 0 bridgehead atoms. The summed E-state index contributed by atoms with van der Waals surface area (Å²) in [5, 5.41) is 2.56. The lowest BCUT2D eigenvalue weighted by Gasteiger charge is -2.46. The molecule has 3 aliphatic rings. The summed E-state index contributed by atoms with van der Waals surface area (Å²) < 4.78 is 0.